The topological polar surface area (TPSA) is 43.4 Å². The lowest BCUT2D eigenvalue weighted by Crippen LogP contribution is -2.19. The van der Waals surface area contributed by atoms with Gasteiger partial charge in [-0.3, -0.25) is 4.98 Å². The van der Waals surface area contributed by atoms with Crippen LogP contribution in [0.15, 0.2) is 42.6 Å². The number of hydrogen-bond acceptors (Lipinski definition) is 4. The van der Waals surface area contributed by atoms with Gasteiger partial charge < -0.3 is 14.8 Å². The number of nitrogens with zero attached hydrogens (tertiary/aromatic N) is 1. The summed E-state index contributed by atoms with van der Waals surface area (Å²) in [7, 11) is 1.97. The molecule has 4 nitrogen and oxygen atoms in total. The summed E-state index contributed by atoms with van der Waals surface area (Å²) in [6.45, 7) is 1.43. The Morgan fingerprint density at radius 1 is 1.14 bits per heavy atom. The summed E-state index contributed by atoms with van der Waals surface area (Å²) in [5, 5.41) is 3.35. The number of ether oxygens (including phenoxy) is 2. The third kappa shape index (κ3) is 3.34. The average molecular weight is 284 g/mol. The van der Waals surface area contributed by atoms with Crippen LogP contribution in [0.5, 0.6) is 11.5 Å². The Morgan fingerprint density at radius 2 is 2.00 bits per heavy atom. The molecule has 1 aliphatic rings. The van der Waals surface area contributed by atoms with E-state index < -0.39 is 0 Å². The molecule has 1 unspecified atom stereocenters. The number of likely N-dealkylation sites (N-methyl/N-ethyl adjacent to an activating group) is 1. The van der Waals surface area contributed by atoms with Gasteiger partial charge in [-0.25, -0.2) is 0 Å². The summed E-state index contributed by atoms with van der Waals surface area (Å²) in [5.74, 6) is 1.68. The van der Waals surface area contributed by atoms with Crippen molar-refractivity contribution in [3.63, 3.8) is 0 Å². The number of hydrogen-bond donors (Lipinski definition) is 1. The van der Waals surface area contributed by atoms with E-state index in [0.29, 0.717) is 6.61 Å². The van der Waals surface area contributed by atoms with Crippen LogP contribution in [-0.2, 0) is 6.42 Å². The predicted octanol–water partition coefficient (Wildman–Crippen LogP) is 2.75. The molecule has 1 aromatic heterocycles. The van der Waals surface area contributed by atoms with E-state index in [9.17, 15) is 0 Å². The van der Waals surface area contributed by atoms with Crippen LogP contribution in [0.2, 0.25) is 0 Å². The lowest BCUT2D eigenvalue weighted by molar-refractivity contribution is 0.297. The molecule has 2 heterocycles. The number of benzene rings is 1. The summed E-state index contributed by atoms with van der Waals surface area (Å²) >= 11 is 0. The summed E-state index contributed by atoms with van der Waals surface area (Å²) in [5.41, 5.74) is 2.26. The first-order valence-electron chi connectivity index (χ1n) is 7.33. The first-order chi connectivity index (χ1) is 10.4. The molecule has 3 rings (SSSR count). The molecule has 110 valence electrons. The molecule has 0 amide bonds. The molecule has 0 bridgehead atoms. The van der Waals surface area contributed by atoms with Gasteiger partial charge in [0.15, 0.2) is 11.5 Å². The molecule has 0 radical (unpaired) electrons. The molecule has 1 aromatic carbocycles. The van der Waals surface area contributed by atoms with Crippen LogP contribution in [0, 0.1) is 0 Å². The minimum Gasteiger partial charge on any atom is -0.490 e. The number of pyridine rings is 1. The van der Waals surface area contributed by atoms with E-state index >= 15 is 0 Å². The van der Waals surface area contributed by atoms with E-state index in [1.165, 1.54) is 5.56 Å². The van der Waals surface area contributed by atoms with Crippen molar-refractivity contribution >= 4 is 0 Å². The van der Waals surface area contributed by atoms with E-state index in [0.717, 1.165) is 36.6 Å². The Labute approximate surface area is 125 Å². The number of rotatable bonds is 4. The maximum atomic E-state index is 5.77. The third-order valence-electron chi connectivity index (χ3n) is 3.66. The van der Waals surface area contributed by atoms with Crippen molar-refractivity contribution in [2.24, 2.45) is 0 Å². The Hall–Kier alpha value is -2.07. The van der Waals surface area contributed by atoms with Crippen LogP contribution < -0.4 is 14.8 Å². The van der Waals surface area contributed by atoms with Crippen molar-refractivity contribution in [1.82, 2.24) is 10.3 Å². The van der Waals surface area contributed by atoms with E-state index in [2.05, 4.69) is 22.4 Å². The standard InChI is InChI=1S/C17H20N2O2/c1-18-15(12-14-5-2-3-8-19-14)13-6-7-16-17(11-13)21-10-4-9-20-16/h2-3,5-8,11,15,18H,4,9-10,12H2,1H3. The number of fused-ring (bicyclic) bond motifs is 1. The molecule has 0 fully saturated rings. The Kier molecular flexibility index (Phi) is 4.36. The zero-order chi connectivity index (χ0) is 14.5. The molecule has 1 N–H and O–H groups in total. The van der Waals surface area contributed by atoms with Crippen molar-refractivity contribution in [3.8, 4) is 11.5 Å². The summed E-state index contributed by atoms with van der Waals surface area (Å²) in [6.07, 6.45) is 3.60. The number of aromatic nitrogens is 1. The smallest absolute Gasteiger partial charge is 0.161 e. The molecular weight excluding hydrogens is 264 g/mol. The van der Waals surface area contributed by atoms with Gasteiger partial charge in [-0.15, -0.1) is 0 Å². The van der Waals surface area contributed by atoms with Gasteiger partial charge in [0.2, 0.25) is 0 Å². The Bertz CT molecular complexity index is 587. The molecule has 4 heteroatoms. The minimum absolute atomic E-state index is 0.206. The Morgan fingerprint density at radius 3 is 2.76 bits per heavy atom. The van der Waals surface area contributed by atoms with Crippen molar-refractivity contribution in [3.05, 3.63) is 53.9 Å². The lowest BCUT2D eigenvalue weighted by Gasteiger charge is -2.18. The van der Waals surface area contributed by atoms with E-state index in [4.69, 9.17) is 9.47 Å². The van der Waals surface area contributed by atoms with Crippen molar-refractivity contribution in [2.75, 3.05) is 20.3 Å². The summed E-state index contributed by atoms with van der Waals surface area (Å²) in [4.78, 5) is 4.40. The molecule has 0 aliphatic carbocycles. The normalized spacial score (nSPS) is 15.3. The first kappa shape index (κ1) is 13.9. The van der Waals surface area contributed by atoms with Gasteiger partial charge >= 0.3 is 0 Å². The highest BCUT2D eigenvalue weighted by Gasteiger charge is 2.16. The minimum atomic E-state index is 0.206. The van der Waals surface area contributed by atoms with Gasteiger partial charge in [0.05, 0.1) is 13.2 Å². The summed E-state index contributed by atoms with van der Waals surface area (Å²) in [6, 6.07) is 12.4. The van der Waals surface area contributed by atoms with Crippen LogP contribution in [0.1, 0.15) is 23.7 Å². The fourth-order valence-electron chi connectivity index (χ4n) is 2.51. The predicted molar refractivity (Wildman–Crippen MR) is 81.8 cm³/mol. The molecule has 1 atom stereocenters. The van der Waals surface area contributed by atoms with E-state index in [1.54, 1.807) is 0 Å². The molecular formula is C17H20N2O2. The second-order valence-corrected chi connectivity index (χ2v) is 5.12. The van der Waals surface area contributed by atoms with Crippen LogP contribution in [0.25, 0.3) is 0 Å². The Balaban J connectivity index is 1.82. The van der Waals surface area contributed by atoms with Crippen LogP contribution in [0.4, 0.5) is 0 Å². The second-order valence-electron chi connectivity index (χ2n) is 5.12. The monoisotopic (exact) mass is 284 g/mol. The molecule has 2 aromatic rings. The zero-order valence-electron chi connectivity index (χ0n) is 12.2. The van der Waals surface area contributed by atoms with E-state index in [1.807, 2.05) is 37.5 Å². The maximum Gasteiger partial charge on any atom is 0.161 e. The third-order valence-corrected chi connectivity index (χ3v) is 3.66. The fourth-order valence-corrected chi connectivity index (χ4v) is 2.51. The van der Waals surface area contributed by atoms with Crippen molar-refractivity contribution in [1.29, 1.82) is 0 Å². The van der Waals surface area contributed by atoms with E-state index in [-0.39, 0.29) is 6.04 Å². The van der Waals surface area contributed by atoms with Crippen LogP contribution in [0.3, 0.4) is 0 Å². The highest BCUT2D eigenvalue weighted by atomic mass is 16.5. The lowest BCUT2D eigenvalue weighted by atomic mass is 10.0. The van der Waals surface area contributed by atoms with Crippen molar-refractivity contribution in [2.45, 2.75) is 18.9 Å². The summed E-state index contributed by atoms with van der Waals surface area (Å²) < 4.78 is 11.4. The molecule has 0 saturated carbocycles. The highest BCUT2D eigenvalue weighted by Crippen LogP contribution is 2.32. The molecule has 0 saturated heterocycles. The van der Waals surface area contributed by atoms with Crippen LogP contribution in [-0.4, -0.2) is 25.2 Å². The van der Waals surface area contributed by atoms with Crippen LogP contribution >= 0.6 is 0 Å². The largest absolute Gasteiger partial charge is 0.490 e. The maximum absolute atomic E-state index is 5.77. The highest BCUT2D eigenvalue weighted by molar-refractivity contribution is 5.44. The molecule has 1 aliphatic heterocycles. The van der Waals surface area contributed by atoms with Gasteiger partial charge in [-0.2, -0.15) is 0 Å². The molecule has 0 spiro atoms. The zero-order valence-corrected chi connectivity index (χ0v) is 12.2. The van der Waals surface area contributed by atoms with Gasteiger partial charge in [-0.05, 0) is 36.9 Å². The SMILES string of the molecule is CNC(Cc1ccccn1)c1ccc2c(c1)OCCCO2. The van der Waals surface area contributed by atoms with Gasteiger partial charge in [0.25, 0.3) is 0 Å². The first-order valence-corrected chi connectivity index (χ1v) is 7.33. The van der Waals surface area contributed by atoms with Gasteiger partial charge in [0.1, 0.15) is 0 Å². The fraction of sp³-hybridized carbons (Fsp3) is 0.353. The average Bonchev–Trinajstić information content (AvgIpc) is 2.78. The van der Waals surface area contributed by atoms with Gasteiger partial charge in [0, 0.05) is 30.8 Å². The second kappa shape index (κ2) is 6.59. The van der Waals surface area contributed by atoms with Crippen molar-refractivity contribution < 1.29 is 9.47 Å². The quantitative estimate of drug-likeness (QED) is 0.937. The molecule has 21 heavy (non-hydrogen) atoms. The number of nitrogens with one attached hydrogen (secondary N) is 1. The van der Waals surface area contributed by atoms with Gasteiger partial charge in [-0.1, -0.05) is 12.1 Å².